The summed E-state index contributed by atoms with van der Waals surface area (Å²) in [6, 6.07) is 0. The maximum Gasteiger partial charge on any atom is 0.305 e. The summed E-state index contributed by atoms with van der Waals surface area (Å²) in [6.45, 7) is 7.59. The lowest BCUT2D eigenvalue weighted by molar-refractivity contribution is -0.146. The first-order chi connectivity index (χ1) is 14.6. The van der Waals surface area contributed by atoms with Crippen molar-refractivity contribution in [1.29, 1.82) is 0 Å². The van der Waals surface area contributed by atoms with Gasteiger partial charge in [-0.3, -0.25) is 9.59 Å². The normalized spacial score (nSPS) is 12.0. The predicted molar refractivity (Wildman–Crippen MR) is 126 cm³/mol. The van der Waals surface area contributed by atoms with Crippen molar-refractivity contribution >= 4 is 11.9 Å². The predicted octanol–water partition coefficient (Wildman–Crippen LogP) is 7.77. The lowest BCUT2D eigenvalue weighted by Crippen LogP contribution is -2.14. The Labute approximate surface area is 186 Å². The Morgan fingerprint density at radius 3 is 1.63 bits per heavy atom. The minimum atomic E-state index is -0.192. The Bertz CT molecular complexity index is 394. The molecule has 0 aliphatic heterocycles. The van der Waals surface area contributed by atoms with E-state index >= 15 is 0 Å². The molecule has 0 bridgehead atoms. The van der Waals surface area contributed by atoms with Crippen LogP contribution in [0.3, 0.4) is 0 Å². The van der Waals surface area contributed by atoms with Crippen LogP contribution in [-0.4, -0.2) is 25.2 Å². The maximum absolute atomic E-state index is 11.8. The van der Waals surface area contributed by atoms with E-state index in [2.05, 4.69) is 20.8 Å². The first kappa shape index (κ1) is 28.9. The molecule has 0 spiro atoms. The summed E-state index contributed by atoms with van der Waals surface area (Å²) < 4.78 is 10.6. The number of hydrogen-bond acceptors (Lipinski definition) is 4. The van der Waals surface area contributed by atoms with Gasteiger partial charge in [-0.2, -0.15) is 0 Å². The molecule has 0 saturated carbocycles. The van der Waals surface area contributed by atoms with Gasteiger partial charge in [-0.1, -0.05) is 104 Å². The van der Waals surface area contributed by atoms with Crippen molar-refractivity contribution in [2.24, 2.45) is 5.92 Å². The van der Waals surface area contributed by atoms with Gasteiger partial charge in [0.1, 0.15) is 0 Å². The topological polar surface area (TPSA) is 52.6 Å². The average molecular weight is 427 g/mol. The van der Waals surface area contributed by atoms with Gasteiger partial charge in [-0.25, -0.2) is 0 Å². The van der Waals surface area contributed by atoms with Gasteiger partial charge in [0.2, 0.25) is 0 Å². The van der Waals surface area contributed by atoms with Crippen molar-refractivity contribution in [3.8, 4) is 0 Å². The van der Waals surface area contributed by atoms with Gasteiger partial charge in [0, 0.05) is 12.8 Å². The summed E-state index contributed by atoms with van der Waals surface area (Å²) >= 11 is 0. The van der Waals surface area contributed by atoms with Crippen LogP contribution >= 0.6 is 0 Å². The van der Waals surface area contributed by atoms with Gasteiger partial charge in [-0.05, 0) is 25.2 Å². The lowest BCUT2D eigenvalue weighted by Gasteiger charge is -2.14. The zero-order valence-electron chi connectivity index (χ0n) is 20.4. The van der Waals surface area contributed by atoms with Crippen molar-refractivity contribution in [3.63, 3.8) is 0 Å². The molecular weight excluding hydrogens is 376 g/mol. The molecule has 0 fully saturated rings. The monoisotopic (exact) mass is 426 g/mol. The van der Waals surface area contributed by atoms with Gasteiger partial charge < -0.3 is 9.47 Å². The van der Waals surface area contributed by atoms with Crippen LogP contribution in [0.5, 0.6) is 0 Å². The number of esters is 2. The Morgan fingerprint density at radius 2 is 1.10 bits per heavy atom. The van der Waals surface area contributed by atoms with Gasteiger partial charge >= 0.3 is 11.9 Å². The Hall–Kier alpha value is -1.06. The zero-order chi connectivity index (χ0) is 22.3. The standard InChI is InChI=1S/C26H50O4/c1-4-7-9-10-11-12-13-14-15-16-17-22-29-25(27)20-18-21-26(28)30-23-24(6-3)19-8-5-2/h24H,4-23H2,1-3H3. The molecule has 0 amide bonds. The van der Waals surface area contributed by atoms with Gasteiger partial charge in [-0.15, -0.1) is 0 Å². The molecule has 0 rings (SSSR count). The van der Waals surface area contributed by atoms with E-state index in [0.29, 0.717) is 38.4 Å². The highest BCUT2D eigenvalue weighted by Crippen LogP contribution is 2.14. The molecule has 1 unspecified atom stereocenters. The summed E-state index contributed by atoms with van der Waals surface area (Å²) in [5.74, 6) is 0.0806. The fraction of sp³-hybridized carbons (Fsp3) is 0.923. The molecule has 0 aliphatic carbocycles. The van der Waals surface area contributed by atoms with Gasteiger partial charge in [0.05, 0.1) is 13.2 Å². The Balaban J connectivity index is 3.43. The third-order valence-corrected chi connectivity index (χ3v) is 5.80. The minimum absolute atomic E-state index is 0.191. The quantitative estimate of drug-likeness (QED) is 0.131. The molecule has 30 heavy (non-hydrogen) atoms. The number of rotatable bonds is 22. The summed E-state index contributed by atoms with van der Waals surface area (Å²) in [4.78, 5) is 23.6. The molecular formula is C26H50O4. The van der Waals surface area contributed by atoms with Gasteiger partial charge in [0.25, 0.3) is 0 Å². The Kier molecular flexibility index (Phi) is 21.8. The van der Waals surface area contributed by atoms with Gasteiger partial charge in [0.15, 0.2) is 0 Å². The van der Waals surface area contributed by atoms with Crippen molar-refractivity contribution in [2.75, 3.05) is 13.2 Å². The van der Waals surface area contributed by atoms with Crippen LogP contribution in [0.2, 0.25) is 0 Å². The van der Waals surface area contributed by atoms with Crippen LogP contribution in [0.15, 0.2) is 0 Å². The molecule has 4 nitrogen and oxygen atoms in total. The maximum atomic E-state index is 11.8. The summed E-state index contributed by atoms with van der Waals surface area (Å²) in [5.41, 5.74) is 0. The summed E-state index contributed by atoms with van der Waals surface area (Å²) in [6.07, 6.45) is 19.8. The van der Waals surface area contributed by atoms with Crippen molar-refractivity contribution in [1.82, 2.24) is 0 Å². The lowest BCUT2D eigenvalue weighted by atomic mass is 10.0. The zero-order valence-corrected chi connectivity index (χ0v) is 20.4. The number of carbonyl (C=O) groups excluding carboxylic acids is 2. The fourth-order valence-electron chi connectivity index (χ4n) is 3.58. The highest BCUT2D eigenvalue weighted by atomic mass is 16.5. The van der Waals surface area contributed by atoms with E-state index in [1.165, 1.54) is 70.6 Å². The SMILES string of the molecule is CCCCCCCCCCCCCOC(=O)CCCC(=O)OCC(CC)CCCC. The second-order valence-corrected chi connectivity index (χ2v) is 8.71. The van der Waals surface area contributed by atoms with Crippen LogP contribution < -0.4 is 0 Å². The third-order valence-electron chi connectivity index (χ3n) is 5.80. The molecule has 1 atom stereocenters. The summed E-state index contributed by atoms with van der Waals surface area (Å²) in [5, 5.41) is 0. The fourth-order valence-corrected chi connectivity index (χ4v) is 3.58. The second-order valence-electron chi connectivity index (χ2n) is 8.71. The molecule has 0 saturated heterocycles. The van der Waals surface area contributed by atoms with Crippen molar-refractivity contribution < 1.29 is 19.1 Å². The average Bonchev–Trinajstić information content (AvgIpc) is 2.74. The number of carbonyl (C=O) groups is 2. The van der Waals surface area contributed by atoms with E-state index in [0.717, 1.165) is 25.7 Å². The highest BCUT2D eigenvalue weighted by molar-refractivity contribution is 5.72. The molecule has 0 N–H and O–H groups in total. The number of unbranched alkanes of at least 4 members (excludes halogenated alkanes) is 11. The molecule has 0 aromatic carbocycles. The number of hydrogen-bond donors (Lipinski definition) is 0. The van der Waals surface area contributed by atoms with Crippen molar-refractivity contribution in [3.05, 3.63) is 0 Å². The largest absolute Gasteiger partial charge is 0.466 e. The molecule has 178 valence electrons. The first-order valence-corrected chi connectivity index (χ1v) is 12.9. The second kappa shape index (κ2) is 22.6. The smallest absolute Gasteiger partial charge is 0.305 e. The summed E-state index contributed by atoms with van der Waals surface area (Å²) in [7, 11) is 0. The van der Waals surface area contributed by atoms with Crippen LogP contribution in [0.4, 0.5) is 0 Å². The van der Waals surface area contributed by atoms with Crippen LogP contribution in [0.1, 0.15) is 136 Å². The van der Waals surface area contributed by atoms with E-state index in [9.17, 15) is 9.59 Å². The van der Waals surface area contributed by atoms with E-state index in [4.69, 9.17) is 9.47 Å². The van der Waals surface area contributed by atoms with E-state index in [1.807, 2.05) is 0 Å². The van der Waals surface area contributed by atoms with Crippen LogP contribution in [-0.2, 0) is 19.1 Å². The third kappa shape index (κ3) is 20.2. The minimum Gasteiger partial charge on any atom is -0.466 e. The van der Waals surface area contributed by atoms with Crippen LogP contribution in [0, 0.1) is 5.92 Å². The molecule has 0 aromatic heterocycles. The molecule has 0 heterocycles. The van der Waals surface area contributed by atoms with Crippen LogP contribution in [0.25, 0.3) is 0 Å². The molecule has 0 radical (unpaired) electrons. The first-order valence-electron chi connectivity index (χ1n) is 12.9. The highest BCUT2D eigenvalue weighted by Gasteiger charge is 2.11. The van der Waals surface area contributed by atoms with Crippen molar-refractivity contribution in [2.45, 2.75) is 136 Å². The van der Waals surface area contributed by atoms with E-state index in [-0.39, 0.29) is 11.9 Å². The molecule has 0 aromatic rings. The van der Waals surface area contributed by atoms with E-state index in [1.54, 1.807) is 0 Å². The Morgan fingerprint density at radius 1 is 0.600 bits per heavy atom. The molecule has 0 aliphatic rings. The van der Waals surface area contributed by atoms with E-state index < -0.39 is 0 Å². The molecule has 4 heteroatoms. The number of ether oxygens (including phenoxy) is 2.